The van der Waals surface area contributed by atoms with Crippen molar-refractivity contribution in [2.75, 3.05) is 7.11 Å². The number of methoxy groups -OCH3 is 1. The van der Waals surface area contributed by atoms with Crippen LogP contribution >= 0.6 is 23.1 Å². The summed E-state index contributed by atoms with van der Waals surface area (Å²) < 4.78 is 5.13. The molecule has 0 radical (unpaired) electrons. The van der Waals surface area contributed by atoms with Gasteiger partial charge >= 0.3 is 0 Å². The maximum atomic E-state index is 12.0. The molecule has 1 aromatic heterocycles. The van der Waals surface area contributed by atoms with Crippen molar-refractivity contribution in [1.82, 2.24) is 5.32 Å². The molecule has 1 unspecified atom stereocenters. The SMILES string of the molecule is COc1ccc(CC2S/C(=N/N=Cc3cccs3)NC2=O)cc1. The standard InChI is InChI=1S/C16H15N3O2S2/c1-21-12-6-4-11(5-7-12)9-14-15(20)18-16(23-14)19-17-10-13-3-2-8-22-13/h2-8,10,14H,9H2,1H3,(H,18,19,20). The minimum absolute atomic E-state index is 0.0316. The molecule has 3 rings (SSSR count). The van der Waals surface area contributed by atoms with Gasteiger partial charge in [-0.2, -0.15) is 5.10 Å². The summed E-state index contributed by atoms with van der Waals surface area (Å²) in [7, 11) is 1.63. The molecule has 1 aliphatic heterocycles. The Morgan fingerprint density at radius 2 is 2.13 bits per heavy atom. The first-order valence-corrected chi connectivity index (χ1v) is 8.75. The maximum Gasteiger partial charge on any atom is 0.239 e. The molecule has 0 saturated carbocycles. The van der Waals surface area contributed by atoms with Crippen molar-refractivity contribution in [1.29, 1.82) is 0 Å². The minimum Gasteiger partial charge on any atom is -0.497 e. The highest BCUT2D eigenvalue weighted by molar-refractivity contribution is 8.15. The monoisotopic (exact) mass is 345 g/mol. The first-order chi connectivity index (χ1) is 11.2. The molecule has 2 heterocycles. The molecule has 7 heteroatoms. The lowest BCUT2D eigenvalue weighted by Crippen LogP contribution is -2.25. The normalized spacial score (nSPS) is 19.4. The molecular weight excluding hydrogens is 330 g/mol. The number of carbonyl (C=O) groups excluding carboxylic acids is 1. The Labute approximate surface area is 142 Å². The summed E-state index contributed by atoms with van der Waals surface area (Å²) in [5.74, 6) is 0.776. The first kappa shape index (κ1) is 15.8. The van der Waals surface area contributed by atoms with E-state index in [1.165, 1.54) is 11.8 Å². The molecule has 1 amide bonds. The van der Waals surface area contributed by atoms with Gasteiger partial charge in [-0.25, -0.2) is 0 Å². The second-order valence-corrected chi connectivity index (χ2v) is 6.98. The van der Waals surface area contributed by atoms with Gasteiger partial charge in [0, 0.05) is 4.88 Å². The number of hydrogen-bond donors (Lipinski definition) is 1. The lowest BCUT2D eigenvalue weighted by atomic mass is 10.1. The number of thiophene rings is 1. The average Bonchev–Trinajstić information content (AvgIpc) is 3.19. The molecule has 1 atom stereocenters. The van der Waals surface area contributed by atoms with Gasteiger partial charge < -0.3 is 10.1 Å². The number of benzene rings is 1. The van der Waals surface area contributed by atoms with E-state index in [-0.39, 0.29) is 11.2 Å². The zero-order valence-corrected chi connectivity index (χ0v) is 14.1. The number of carbonyl (C=O) groups is 1. The Morgan fingerprint density at radius 3 is 2.83 bits per heavy atom. The van der Waals surface area contributed by atoms with Crippen LogP contribution in [0.5, 0.6) is 5.75 Å². The molecule has 0 bridgehead atoms. The van der Waals surface area contributed by atoms with E-state index >= 15 is 0 Å². The van der Waals surface area contributed by atoms with Gasteiger partial charge in [-0.15, -0.1) is 16.4 Å². The van der Waals surface area contributed by atoms with Gasteiger partial charge in [0.2, 0.25) is 5.91 Å². The van der Waals surface area contributed by atoms with Crippen LogP contribution in [0.2, 0.25) is 0 Å². The number of nitrogens with zero attached hydrogens (tertiary/aromatic N) is 2. The van der Waals surface area contributed by atoms with E-state index in [4.69, 9.17) is 4.74 Å². The molecule has 1 saturated heterocycles. The third-order valence-electron chi connectivity index (χ3n) is 3.23. The Kier molecular flexibility index (Phi) is 5.09. The number of thioether (sulfide) groups is 1. The fourth-order valence-electron chi connectivity index (χ4n) is 2.07. The van der Waals surface area contributed by atoms with Gasteiger partial charge in [-0.3, -0.25) is 4.79 Å². The van der Waals surface area contributed by atoms with E-state index < -0.39 is 0 Å². The molecule has 118 valence electrons. The van der Waals surface area contributed by atoms with Gasteiger partial charge in [0.25, 0.3) is 0 Å². The fraction of sp³-hybridized carbons (Fsp3) is 0.188. The van der Waals surface area contributed by atoms with Crippen molar-refractivity contribution in [3.05, 3.63) is 52.2 Å². The summed E-state index contributed by atoms with van der Waals surface area (Å²) in [6, 6.07) is 11.6. The van der Waals surface area contributed by atoms with Crippen LogP contribution in [0, 0.1) is 0 Å². The molecule has 2 aromatic rings. The highest BCUT2D eigenvalue weighted by Crippen LogP contribution is 2.24. The Bertz CT molecular complexity index is 724. The second-order valence-electron chi connectivity index (χ2n) is 4.81. The van der Waals surface area contributed by atoms with Gasteiger partial charge in [0.05, 0.1) is 18.6 Å². The van der Waals surface area contributed by atoms with Gasteiger partial charge in [0.15, 0.2) is 5.17 Å². The summed E-state index contributed by atoms with van der Waals surface area (Å²) in [6.07, 6.45) is 2.33. The topological polar surface area (TPSA) is 63.1 Å². The van der Waals surface area contributed by atoms with Crippen LogP contribution in [-0.2, 0) is 11.2 Å². The largest absolute Gasteiger partial charge is 0.497 e. The number of amides is 1. The molecular formula is C16H15N3O2S2. The van der Waals surface area contributed by atoms with Crippen molar-refractivity contribution in [2.45, 2.75) is 11.7 Å². The van der Waals surface area contributed by atoms with E-state index in [1.54, 1.807) is 24.7 Å². The van der Waals surface area contributed by atoms with E-state index in [9.17, 15) is 4.79 Å². The van der Waals surface area contributed by atoms with Crippen molar-refractivity contribution in [2.24, 2.45) is 10.2 Å². The lowest BCUT2D eigenvalue weighted by Gasteiger charge is -2.06. The van der Waals surface area contributed by atoms with Crippen LogP contribution in [-0.4, -0.2) is 29.6 Å². The molecule has 5 nitrogen and oxygen atoms in total. The predicted octanol–water partition coefficient (Wildman–Crippen LogP) is 2.92. The van der Waals surface area contributed by atoms with E-state index in [1.807, 2.05) is 41.8 Å². The lowest BCUT2D eigenvalue weighted by molar-refractivity contribution is -0.118. The third-order valence-corrected chi connectivity index (χ3v) is 5.11. The fourth-order valence-corrected chi connectivity index (χ4v) is 3.61. The summed E-state index contributed by atoms with van der Waals surface area (Å²) in [5.41, 5.74) is 1.08. The van der Waals surface area contributed by atoms with Crippen molar-refractivity contribution >= 4 is 40.4 Å². The molecule has 23 heavy (non-hydrogen) atoms. The van der Waals surface area contributed by atoms with Gasteiger partial charge in [0.1, 0.15) is 5.75 Å². The quantitative estimate of drug-likeness (QED) is 0.669. The van der Waals surface area contributed by atoms with Crippen LogP contribution in [0.3, 0.4) is 0 Å². The summed E-state index contributed by atoms with van der Waals surface area (Å²) >= 11 is 3.00. The zero-order chi connectivity index (χ0) is 16.1. The minimum atomic E-state index is -0.181. The van der Waals surface area contributed by atoms with E-state index in [2.05, 4.69) is 15.5 Å². The smallest absolute Gasteiger partial charge is 0.239 e. The predicted molar refractivity (Wildman–Crippen MR) is 95.6 cm³/mol. The maximum absolute atomic E-state index is 12.0. The third kappa shape index (κ3) is 4.20. The molecule has 1 N–H and O–H groups in total. The van der Waals surface area contributed by atoms with Crippen LogP contribution in [0.4, 0.5) is 0 Å². The summed E-state index contributed by atoms with van der Waals surface area (Å²) in [5, 5.41) is 13.2. The molecule has 0 spiro atoms. The molecule has 0 aliphatic carbocycles. The number of rotatable bonds is 5. The number of hydrogen-bond acceptors (Lipinski definition) is 6. The van der Waals surface area contributed by atoms with E-state index in [0.29, 0.717) is 11.6 Å². The Balaban J connectivity index is 1.60. The second kappa shape index (κ2) is 7.43. The number of ether oxygens (including phenoxy) is 1. The highest BCUT2D eigenvalue weighted by atomic mass is 32.2. The van der Waals surface area contributed by atoms with Crippen LogP contribution < -0.4 is 10.1 Å². The molecule has 1 aliphatic rings. The van der Waals surface area contributed by atoms with Crippen molar-refractivity contribution in [3.8, 4) is 5.75 Å². The Morgan fingerprint density at radius 1 is 1.30 bits per heavy atom. The summed E-state index contributed by atoms with van der Waals surface area (Å²) in [4.78, 5) is 13.0. The summed E-state index contributed by atoms with van der Waals surface area (Å²) in [6.45, 7) is 0. The van der Waals surface area contributed by atoms with Crippen LogP contribution in [0.15, 0.2) is 52.0 Å². The van der Waals surface area contributed by atoms with Crippen LogP contribution in [0.1, 0.15) is 10.4 Å². The Hall–Kier alpha value is -2.12. The average molecular weight is 345 g/mol. The zero-order valence-electron chi connectivity index (χ0n) is 12.4. The highest BCUT2D eigenvalue weighted by Gasteiger charge is 2.30. The number of amidine groups is 1. The number of nitrogens with one attached hydrogen (secondary N) is 1. The van der Waals surface area contributed by atoms with Crippen molar-refractivity contribution < 1.29 is 9.53 Å². The van der Waals surface area contributed by atoms with Gasteiger partial charge in [-0.1, -0.05) is 30.0 Å². The van der Waals surface area contributed by atoms with Crippen molar-refractivity contribution in [3.63, 3.8) is 0 Å². The molecule has 1 aromatic carbocycles. The van der Waals surface area contributed by atoms with E-state index in [0.717, 1.165) is 16.2 Å². The first-order valence-electron chi connectivity index (χ1n) is 6.99. The molecule has 1 fully saturated rings. The van der Waals surface area contributed by atoms with Crippen LogP contribution in [0.25, 0.3) is 0 Å². The van der Waals surface area contributed by atoms with Gasteiger partial charge in [-0.05, 0) is 35.6 Å².